The summed E-state index contributed by atoms with van der Waals surface area (Å²) < 4.78 is 11.5. The number of furan rings is 1. The number of thioether (sulfide) groups is 1. The Labute approximate surface area is 120 Å². The van der Waals surface area contributed by atoms with E-state index in [9.17, 15) is 4.79 Å². The van der Waals surface area contributed by atoms with E-state index in [1.165, 1.54) is 16.4 Å². The molecule has 108 valence electrons. The van der Waals surface area contributed by atoms with Crippen molar-refractivity contribution in [1.29, 1.82) is 0 Å². The van der Waals surface area contributed by atoms with Crippen LogP contribution in [0.15, 0.2) is 28.0 Å². The Kier molecular flexibility index (Phi) is 5.05. The minimum absolute atomic E-state index is 0.182. The molecule has 0 aliphatic rings. The van der Waals surface area contributed by atoms with E-state index in [0.29, 0.717) is 41.9 Å². The molecule has 2 heterocycles. The number of rotatable bonds is 7. The van der Waals surface area contributed by atoms with Crippen molar-refractivity contribution in [1.82, 2.24) is 14.9 Å². The van der Waals surface area contributed by atoms with Crippen LogP contribution in [0.2, 0.25) is 0 Å². The molecule has 0 fully saturated rings. The molecular formula is C12H16N4O3S. The number of nitrogens with zero attached hydrogens (tertiary/aromatic N) is 3. The van der Waals surface area contributed by atoms with Crippen LogP contribution in [0.1, 0.15) is 19.8 Å². The lowest BCUT2D eigenvalue weighted by atomic mass is 10.3. The SMILES string of the molecule is CCOC(=O)CCCSc1nnc(-c2ccco2)n1N. The lowest BCUT2D eigenvalue weighted by Crippen LogP contribution is -2.11. The number of hydrogen-bond donors (Lipinski definition) is 1. The van der Waals surface area contributed by atoms with Crippen LogP contribution in [-0.4, -0.2) is 33.2 Å². The van der Waals surface area contributed by atoms with Crippen molar-refractivity contribution in [3.63, 3.8) is 0 Å². The lowest BCUT2D eigenvalue weighted by Gasteiger charge is -2.02. The molecule has 0 saturated heterocycles. The first-order valence-electron chi connectivity index (χ1n) is 6.25. The normalized spacial score (nSPS) is 10.7. The van der Waals surface area contributed by atoms with Gasteiger partial charge in [0, 0.05) is 12.2 Å². The summed E-state index contributed by atoms with van der Waals surface area (Å²) in [6, 6.07) is 3.53. The van der Waals surface area contributed by atoms with Gasteiger partial charge in [0.2, 0.25) is 11.0 Å². The molecule has 2 aromatic heterocycles. The van der Waals surface area contributed by atoms with E-state index in [4.69, 9.17) is 15.0 Å². The Morgan fingerprint density at radius 2 is 2.40 bits per heavy atom. The maximum absolute atomic E-state index is 11.2. The van der Waals surface area contributed by atoms with Gasteiger partial charge in [-0.05, 0) is 25.5 Å². The first-order chi connectivity index (χ1) is 9.72. The fourth-order valence-electron chi connectivity index (χ4n) is 1.56. The second-order valence-electron chi connectivity index (χ2n) is 3.91. The molecule has 0 aromatic carbocycles. The summed E-state index contributed by atoms with van der Waals surface area (Å²) in [5.74, 6) is 7.48. The molecule has 0 unspecified atom stereocenters. The smallest absolute Gasteiger partial charge is 0.305 e. The van der Waals surface area contributed by atoms with Crippen LogP contribution in [0.4, 0.5) is 0 Å². The molecule has 8 heteroatoms. The number of hydrogen-bond acceptors (Lipinski definition) is 7. The van der Waals surface area contributed by atoms with Gasteiger partial charge in [0.25, 0.3) is 0 Å². The fraction of sp³-hybridized carbons (Fsp3) is 0.417. The number of ether oxygens (including phenoxy) is 1. The minimum Gasteiger partial charge on any atom is -0.466 e. The highest BCUT2D eigenvalue weighted by Gasteiger charge is 2.14. The molecule has 7 nitrogen and oxygen atoms in total. The van der Waals surface area contributed by atoms with Gasteiger partial charge in [-0.2, -0.15) is 0 Å². The second-order valence-corrected chi connectivity index (χ2v) is 4.97. The summed E-state index contributed by atoms with van der Waals surface area (Å²) in [7, 11) is 0. The molecule has 0 aliphatic carbocycles. The Balaban J connectivity index is 1.84. The van der Waals surface area contributed by atoms with Crippen molar-refractivity contribution in [2.45, 2.75) is 24.9 Å². The number of nitrogens with two attached hydrogens (primary N) is 1. The lowest BCUT2D eigenvalue weighted by molar-refractivity contribution is -0.143. The van der Waals surface area contributed by atoms with E-state index in [1.807, 2.05) is 0 Å². The van der Waals surface area contributed by atoms with Gasteiger partial charge in [0.1, 0.15) is 0 Å². The Morgan fingerprint density at radius 3 is 3.10 bits per heavy atom. The van der Waals surface area contributed by atoms with Gasteiger partial charge >= 0.3 is 5.97 Å². The minimum atomic E-state index is -0.182. The molecule has 0 radical (unpaired) electrons. The van der Waals surface area contributed by atoms with E-state index in [1.54, 1.807) is 25.3 Å². The van der Waals surface area contributed by atoms with Crippen molar-refractivity contribution < 1.29 is 13.9 Å². The largest absolute Gasteiger partial charge is 0.466 e. The summed E-state index contributed by atoms with van der Waals surface area (Å²) in [5.41, 5.74) is 0. The number of aromatic nitrogens is 3. The molecule has 0 atom stereocenters. The Bertz CT molecular complexity index is 553. The van der Waals surface area contributed by atoms with Crippen LogP contribution in [0.5, 0.6) is 0 Å². The van der Waals surface area contributed by atoms with Crippen molar-refractivity contribution in [2.75, 3.05) is 18.2 Å². The summed E-state index contributed by atoms with van der Waals surface area (Å²) in [5, 5.41) is 8.57. The van der Waals surface area contributed by atoms with E-state index in [-0.39, 0.29) is 5.97 Å². The maximum atomic E-state index is 11.2. The molecular weight excluding hydrogens is 280 g/mol. The first kappa shape index (κ1) is 14.4. The Hall–Kier alpha value is -1.96. The van der Waals surface area contributed by atoms with E-state index in [0.717, 1.165) is 0 Å². The average Bonchev–Trinajstić information content (AvgIpc) is 3.05. The molecule has 0 bridgehead atoms. The Morgan fingerprint density at radius 1 is 1.55 bits per heavy atom. The third-order valence-electron chi connectivity index (χ3n) is 2.47. The van der Waals surface area contributed by atoms with Crippen LogP contribution in [0.3, 0.4) is 0 Å². The van der Waals surface area contributed by atoms with Gasteiger partial charge in [0.15, 0.2) is 5.76 Å². The van der Waals surface area contributed by atoms with E-state index >= 15 is 0 Å². The van der Waals surface area contributed by atoms with Crippen LogP contribution in [-0.2, 0) is 9.53 Å². The number of nitrogen functional groups attached to an aromatic ring is 1. The predicted octanol–water partition coefficient (Wildman–Crippen LogP) is 1.69. The van der Waals surface area contributed by atoms with Crippen molar-refractivity contribution in [3.8, 4) is 11.6 Å². The number of carbonyl (C=O) groups excluding carboxylic acids is 1. The second kappa shape index (κ2) is 6.99. The topological polar surface area (TPSA) is 96.2 Å². The van der Waals surface area contributed by atoms with Gasteiger partial charge in [-0.25, -0.2) is 4.68 Å². The van der Waals surface area contributed by atoms with E-state index < -0.39 is 0 Å². The molecule has 0 spiro atoms. The van der Waals surface area contributed by atoms with Crippen LogP contribution in [0.25, 0.3) is 11.6 Å². The summed E-state index contributed by atoms with van der Waals surface area (Å²) in [6.07, 6.45) is 2.65. The predicted molar refractivity (Wildman–Crippen MR) is 74.5 cm³/mol. The van der Waals surface area contributed by atoms with Crippen molar-refractivity contribution in [3.05, 3.63) is 18.4 Å². The van der Waals surface area contributed by atoms with E-state index in [2.05, 4.69) is 10.2 Å². The highest BCUT2D eigenvalue weighted by atomic mass is 32.2. The fourth-order valence-corrected chi connectivity index (χ4v) is 2.36. The summed E-state index contributed by atoms with van der Waals surface area (Å²) in [6.45, 7) is 2.20. The van der Waals surface area contributed by atoms with Crippen LogP contribution < -0.4 is 5.84 Å². The van der Waals surface area contributed by atoms with Gasteiger partial charge in [0.05, 0.1) is 12.9 Å². The van der Waals surface area contributed by atoms with Crippen molar-refractivity contribution >= 4 is 17.7 Å². The van der Waals surface area contributed by atoms with Gasteiger partial charge in [-0.15, -0.1) is 10.2 Å². The zero-order chi connectivity index (χ0) is 14.4. The quantitative estimate of drug-likeness (QED) is 0.359. The summed E-state index contributed by atoms with van der Waals surface area (Å²) in [4.78, 5) is 11.2. The molecule has 0 aliphatic heterocycles. The highest BCUT2D eigenvalue weighted by molar-refractivity contribution is 7.99. The monoisotopic (exact) mass is 296 g/mol. The third kappa shape index (κ3) is 3.53. The molecule has 2 aromatic rings. The molecule has 2 N–H and O–H groups in total. The number of esters is 1. The first-order valence-corrected chi connectivity index (χ1v) is 7.23. The molecule has 0 saturated carbocycles. The van der Waals surface area contributed by atoms with Crippen LogP contribution >= 0.6 is 11.8 Å². The van der Waals surface area contributed by atoms with Gasteiger partial charge < -0.3 is 15.0 Å². The zero-order valence-corrected chi connectivity index (χ0v) is 11.9. The standard InChI is InChI=1S/C12H16N4O3S/c1-2-18-10(17)6-4-8-20-12-15-14-11(16(12)13)9-5-3-7-19-9/h3,5,7H,2,4,6,8,13H2,1H3. The highest BCUT2D eigenvalue weighted by Crippen LogP contribution is 2.22. The zero-order valence-electron chi connectivity index (χ0n) is 11.1. The molecule has 0 amide bonds. The van der Waals surface area contributed by atoms with Gasteiger partial charge in [-0.3, -0.25) is 4.79 Å². The van der Waals surface area contributed by atoms with Crippen LogP contribution in [0, 0.1) is 0 Å². The maximum Gasteiger partial charge on any atom is 0.305 e. The molecule has 2 rings (SSSR count). The van der Waals surface area contributed by atoms with Crippen molar-refractivity contribution in [2.24, 2.45) is 0 Å². The average molecular weight is 296 g/mol. The van der Waals surface area contributed by atoms with Gasteiger partial charge in [-0.1, -0.05) is 11.8 Å². The third-order valence-corrected chi connectivity index (χ3v) is 3.50. The number of carbonyl (C=O) groups is 1. The molecule has 20 heavy (non-hydrogen) atoms. The summed E-state index contributed by atoms with van der Waals surface area (Å²) >= 11 is 1.44.